The van der Waals surface area contributed by atoms with E-state index in [2.05, 4.69) is 44.3 Å². The topological polar surface area (TPSA) is 21.3 Å². The first-order valence-corrected chi connectivity index (χ1v) is 6.09. The molecule has 1 aromatic rings. The molecule has 1 rings (SSSR count). The van der Waals surface area contributed by atoms with Gasteiger partial charge < -0.3 is 10.1 Å². The maximum atomic E-state index is 5.52. The molecular formula is C14H23NO. The molecule has 0 spiro atoms. The smallest absolute Gasteiger partial charge is 0.122 e. The number of nitrogens with one attached hydrogen (secondary N) is 1. The molecule has 0 atom stereocenters. The van der Waals surface area contributed by atoms with Crippen LogP contribution in [0.15, 0.2) is 18.2 Å². The minimum atomic E-state index is 0.559. The van der Waals surface area contributed by atoms with Crippen LogP contribution in [-0.4, -0.2) is 19.2 Å². The number of hydrogen-bond acceptors (Lipinski definition) is 2. The minimum absolute atomic E-state index is 0.559. The lowest BCUT2D eigenvalue weighted by Crippen LogP contribution is -2.24. The molecular weight excluding hydrogens is 198 g/mol. The Bertz CT molecular complexity index is 321. The van der Waals surface area contributed by atoms with E-state index in [1.807, 2.05) is 6.92 Å². The quantitative estimate of drug-likeness (QED) is 0.797. The average Bonchev–Trinajstić information content (AvgIpc) is 2.21. The van der Waals surface area contributed by atoms with E-state index in [-0.39, 0.29) is 0 Å². The van der Waals surface area contributed by atoms with Gasteiger partial charge in [0.1, 0.15) is 5.75 Å². The van der Waals surface area contributed by atoms with E-state index in [4.69, 9.17) is 4.74 Å². The molecule has 0 saturated carbocycles. The Morgan fingerprint density at radius 1 is 1.31 bits per heavy atom. The molecule has 0 unspecified atom stereocenters. The van der Waals surface area contributed by atoms with Gasteiger partial charge in [-0.25, -0.2) is 0 Å². The third-order valence-corrected chi connectivity index (χ3v) is 2.51. The molecule has 16 heavy (non-hydrogen) atoms. The Labute approximate surface area is 99.0 Å². The van der Waals surface area contributed by atoms with Crippen LogP contribution in [0.3, 0.4) is 0 Å². The van der Waals surface area contributed by atoms with Crippen molar-refractivity contribution in [3.63, 3.8) is 0 Å². The lowest BCUT2D eigenvalue weighted by Gasteiger charge is -2.10. The van der Waals surface area contributed by atoms with Crippen molar-refractivity contribution in [1.82, 2.24) is 5.32 Å². The van der Waals surface area contributed by atoms with E-state index in [0.717, 1.165) is 25.3 Å². The van der Waals surface area contributed by atoms with Crippen LogP contribution in [0.5, 0.6) is 5.75 Å². The zero-order chi connectivity index (χ0) is 12.0. The maximum Gasteiger partial charge on any atom is 0.122 e. The zero-order valence-corrected chi connectivity index (χ0v) is 10.8. The van der Waals surface area contributed by atoms with Gasteiger partial charge >= 0.3 is 0 Å². The summed E-state index contributed by atoms with van der Waals surface area (Å²) in [4.78, 5) is 0. The van der Waals surface area contributed by atoms with Gasteiger partial charge in [-0.1, -0.05) is 26.0 Å². The Hall–Kier alpha value is -1.02. The summed E-state index contributed by atoms with van der Waals surface area (Å²) >= 11 is 0. The highest BCUT2D eigenvalue weighted by molar-refractivity contribution is 5.36. The number of benzene rings is 1. The molecule has 2 nitrogen and oxygen atoms in total. The van der Waals surface area contributed by atoms with E-state index in [1.165, 1.54) is 11.1 Å². The fraction of sp³-hybridized carbons (Fsp3) is 0.571. The summed E-state index contributed by atoms with van der Waals surface area (Å²) in [5.74, 6) is 1.00. The summed E-state index contributed by atoms with van der Waals surface area (Å²) in [5.41, 5.74) is 2.60. The van der Waals surface area contributed by atoms with Gasteiger partial charge in [0, 0.05) is 6.04 Å². The number of rotatable bonds is 6. The average molecular weight is 221 g/mol. The largest absolute Gasteiger partial charge is 0.494 e. The standard InChI is InChI=1S/C14H23NO/c1-5-16-14-7-6-13(10-12(14)4)8-9-15-11(2)3/h6-7,10-11,15H,5,8-9H2,1-4H3. The van der Waals surface area contributed by atoms with Crippen LogP contribution >= 0.6 is 0 Å². The fourth-order valence-electron chi connectivity index (χ4n) is 1.69. The van der Waals surface area contributed by atoms with E-state index >= 15 is 0 Å². The lowest BCUT2D eigenvalue weighted by molar-refractivity contribution is 0.338. The van der Waals surface area contributed by atoms with Crippen molar-refractivity contribution in [2.75, 3.05) is 13.2 Å². The van der Waals surface area contributed by atoms with Gasteiger partial charge in [0.2, 0.25) is 0 Å². The highest BCUT2D eigenvalue weighted by Gasteiger charge is 2.01. The minimum Gasteiger partial charge on any atom is -0.494 e. The Morgan fingerprint density at radius 3 is 2.62 bits per heavy atom. The molecule has 90 valence electrons. The molecule has 0 radical (unpaired) electrons. The van der Waals surface area contributed by atoms with Crippen molar-refractivity contribution in [2.24, 2.45) is 0 Å². The van der Waals surface area contributed by atoms with Crippen molar-refractivity contribution in [3.8, 4) is 5.75 Å². The van der Waals surface area contributed by atoms with Crippen LogP contribution in [-0.2, 0) is 6.42 Å². The molecule has 0 amide bonds. The second kappa shape index (κ2) is 6.54. The predicted octanol–water partition coefficient (Wildman–Crippen LogP) is 2.93. The van der Waals surface area contributed by atoms with Crippen LogP contribution < -0.4 is 10.1 Å². The summed E-state index contributed by atoms with van der Waals surface area (Å²) in [6.07, 6.45) is 1.07. The van der Waals surface area contributed by atoms with Crippen LogP contribution in [0.2, 0.25) is 0 Å². The normalized spacial score (nSPS) is 10.8. The molecule has 0 fully saturated rings. The first-order chi connectivity index (χ1) is 7.63. The van der Waals surface area contributed by atoms with E-state index < -0.39 is 0 Å². The van der Waals surface area contributed by atoms with Gasteiger partial charge in [0.15, 0.2) is 0 Å². The Balaban J connectivity index is 2.52. The van der Waals surface area contributed by atoms with Gasteiger partial charge in [-0.15, -0.1) is 0 Å². The van der Waals surface area contributed by atoms with Crippen molar-refractivity contribution in [3.05, 3.63) is 29.3 Å². The molecule has 0 heterocycles. The highest BCUT2D eigenvalue weighted by atomic mass is 16.5. The van der Waals surface area contributed by atoms with E-state index in [9.17, 15) is 0 Å². The van der Waals surface area contributed by atoms with Crippen LogP contribution in [0, 0.1) is 6.92 Å². The molecule has 0 saturated heterocycles. The first kappa shape index (κ1) is 13.0. The second-order valence-corrected chi connectivity index (χ2v) is 4.39. The van der Waals surface area contributed by atoms with Gasteiger partial charge in [-0.05, 0) is 44.0 Å². The Kier molecular flexibility index (Phi) is 5.33. The van der Waals surface area contributed by atoms with Gasteiger partial charge in [0.05, 0.1) is 6.61 Å². The van der Waals surface area contributed by atoms with Gasteiger partial charge in [0.25, 0.3) is 0 Å². The fourth-order valence-corrected chi connectivity index (χ4v) is 1.69. The predicted molar refractivity (Wildman–Crippen MR) is 69.2 cm³/mol. The third kappa shape index (κ3) is 4.23. The molecule has 1 aromatic carbocycles. The summed E-state index contributed by atoms with van der Waals surface area (Å²) in [6.45, 7) is 10.2. The summed E-state index contributed by atoms with van der Waals surface area (Å²) in [6, 6.07) is 7.00. The molecule has 0 aromatic heterocycles. The lowest BCUT2D eigenvalue weighted by atomic mass is 10.1. The summed E-state index contributed by atoms with van der Waals surface area (Å²) in [5, 5.41) is 3.42. The van der Waals surface area contributed by atoms with Gasteiger partial charge in [-0.2, -0.15) is 0 Å². The maximum absolute atomic E-state index is 5.52. The van der Waals surface area contributed by atoms with Crippen molar-refractivity contribution in [1.29, 1.82) is 0 Å². The van der Waals surface area contributed by atoms with Crippen molar-refractivity contribution < 1.29 is 4.74 Å². The number of aryl methyl sites for hydroxylation is 1. The van der Waals surface area contributed by atoms with Crippen LogP contribution in [0.4, 0.5) is 0 Å². The van der Waals surface area contributed by atoms with E-state index in [0.29, 0.717) is 6.04 Å². The molecule has 0 aliphatic heterocycles. The van der Waals surface area contributed by atoms with Crippen LogP contribution in [0.1, 0.15) is 31.9 Å². The number of ether oxygens (including phenoxy) is 1. The summed E-state index contributed by atoms with van der Waals surface area (Å²) < 4.78 is 5.52. The van der Waals surface area contributed by atoms with Gasteiger partial charge in [-0.3, -0.25) is 0 Å². The molecule has 0 aliphatic rings. The molecule has 1 N–H and O–H groups in total. The molecule has 0 bridgehead atoms. The second-order valence-electron chi connectivity index (χ2n) is 4.39. The SMILES string of the molecule is CCOc1ccc(CCNC(C)C)cc1C. The van der Waals surface area contributed by atoms with Crippen molar-refractivity contribution >= 4 is 0 Å². The monoisotopic (exact) mass is 221 g/mol. The highest BCUT2D eigenvalue weighted by Crippen LogP contribution is 2.19. The Morgan fingerprint density at radius 2 is 2.06 bits per heavy atom. The number of hydrogen-bond donors (Lipinski definition) is 1. The van der Waals surface area contributed by atoms with Crippen molar-refractivity contribution in [2.45, 2.75) is 40.2 Å². The van der Waals surface area contributed by atoms with E-state index in [1.54, 1.807) is 0 Å². The molecule has 0 aliphatic carbocycles. The third-order valence-electron chi connectivity index (χ3n) is 2.51. The summed E-state index contributed by atoms with van der Waals surface area (Å²) in [7, 11) is 0. The molecule has 2 heteroatoms. The zero-order valence-electron chi connectivity index (χ0n) is 10.8. The van der Waals surface area contributed by atoms with Crippen LogP contribution in [0.25, 0.3) is 0 Å². The first-order valence-electron chi connectivity index (χ1n) is 6.09.